The molecule has 7 heteroatoms. The third kappa shape index (κ3) is 1.22. The van der Waals surface area contributed by atoms with Gasteiger partial charge in [0.25, 0.3) is 0 Å². The van der Waals surface area contributed by atoms with Crippen LogP contribution in [-0.4, -0.2) is 26.8 Å². The topological polar surface area (TPSA) is 69.8 Å². The van der Waals surface area contributed by atoms with Gasteiger partial charge in [0.2, 0.25) is 0 Å². The van der Waals surface area contributed by atoms with E-state index in [1.54, 1.807) is 0 Å². The molecule has 13 heavy (non-hydrogen) atoms. The second kappa shape index (κ2) is 2.70. The number of hydrogen-bond acceptors (Lipinski definition) is 4. The van der Waals surface area contributed by atoms with E-state index >= 15 is 0 Å². The molecule has 0 bridgehead atoms. The fourth-order valence-electron chi connectivity index (χ4n) is 0.868. The third-order valence-corrected chi connectivity index (χ3v) is 2.81. The van der Waals surface area contributed by atoms with E-state index in [2.05, 4.69) is 10.2 Å². The van der Waals surface area contributed by atoms with E-state index in [-0.39, 0.29) is 0 Å². The highest BCUT2D eigenvalue weighted by Gasteiger charge is 2.14. The van der Waals surface area contributed by atoms with Gasteiger partial charge in [-0.05, 0) is 12.1 Å². The van der Waals surface area contributed by atoms with Gasteiger partial charge in [0.1, 0.15) is 0 Å². The molecule has 6 nitrogen and oxygen atoms in total. The Bertz CT molecular complexity index is 430. The highest BCUT2D eigenvalue weighted by Crippen LogP contribution is 1.98. The quantitative estimate of drug-likeness (QED) is 0.665. The Kier molecular flexibility index (Phi) is 1.66. The van der Waals surface area contributed by atoms with Gasteiger partial charge in [-0.2, -0.15) is 18.6 Å². The van der Waals surface area contributed by atoms with Gasteiger partial charge < -0.3 is 0 Å². The van der Waals surface area contributed by atoms with E-state index in [0.717, 1.165) is 8.17 Å². The van der Waals surface area contributed by atoms with Crippen LogP contribution in [0.1, 0.15) is 0 Å². The number of hydrogen-bond donors (Lipinski definition) is 0. The molecule has 2 heterocycles. The van der Waals surface area contributed by atoms with Crippen LogP contribution in [0.4, 0.5) is 0 Å². The summed E-state index contributed by atoms with van der Waals surface area (Å²) in [4.78, 5) is 0. The van der Waals surface area contributed by atoms with Crippen molar-refractivity contribution in [3.8, 4) is 0 Å². The summed E-state index contributed by atoms with van der Waals surface area (Å²) in [6.07, 6.45) is 5.47. The van der Waals surface area contributed by atoms with Crippen LogP contribution in [0.5, 0.6) is 0 Å². The monoisotopic (exact) mass is 198 g/mol. The highest BCUT2D eigenvalue weighted by molar-refractivity contribution is 7.88. The van der Waals surface area contributed by atoms with Crippen LogP contribution in [0.3, 0.4) is 0 Å². The summed E-state index contributed by atoms with van der Waals surface area (Å²) in [5.41, 5.74) is 0. The molecule has 0 atom stereocenters. The van der Waals surface area contributed by atoms with Gasteiger partial charge in [-0.3, -0.25) is 0 Å². The molecule has 0 amide bonds. The summed E-state index contributed by atoms with van der Waals surface area (Å²) in [5, 5.41) is 7.22. The molecule has 0 unspecified atom stereocenters. The lowest BCUT2D eigenvalue weighted by Crippen LogP contribution is -2.22. The molecule has 0 fully saturated rings. The molecule has 0 aromatic carbocycles. The number of nitrogens with zero attached hydrogens (tertiary/aromatic N) is 4. The fourth-order valence-corrected chi connectivity index (χ4v) is 1.84. The lowest BCUT2D eigenvalue weighted by Gasteiger charge is -2.01. The summed E-state index contributed by atoms with van der Waals surface area (Å²) in [5.74, 6) is 0. The first-order valence-corrected chi connectivity index (χ1v) is 4.86. The summed E-state index contributed by atoms with van der Waals surface area (Å²) < 4.78 is 24.8. The Labute approximate surface area is 74.6 Å². The molecule has 0 saturated carbocycles. The van der Waals surface area contributed by atoms with Crippen molar-refractivity contribution in [3.63, 3.8) is 0 Å². The zero-order chi connectivity index (χ0) is 9.31. The molecule has 0 saturated heterocycles. The van der Waals surface area contributed by atoms with Gasteiger partial charge in [0.05, 0.1) is 12.4 Å². The van der Waals surface area contributed by atoms with Crippen LogP contribution in [0, 0.1) is 0 Å². The standard InChI is InChI=1S/C6H6N4O2S/c11-13(12,9-5-1-3-7-9)10-6-2-4-8-10/h1-6H. The van der Waals surface area contributed by atoms with E-state index in [4.69, 9.17) is 0 Å². The summed E-state index contributed by atoms with van der Waals surface area (Å²) >= 11 is 0. The fraction of sp³-hybridized carbons (Fsp3) is 0. The van der Waals surface area contributed by atoms with E-state index in [0.29, 0.717) is 0 Å². The largest absolute Gasteiger partial charge is 0.364 e. The van der Waals surface area contributed by atoms with Crippen LogP contribution in [0.25, 0.3) is 0 Å². The van der Waals surface area contributed by atoms with Gasteiger partial charge in [-0.25, -0.2) is 0 Å². The molecule has 2 aromatic rings. The van der Waals surface area contributed by atoms with Crippen LogP contribution < -0.4 is 0 Å². The minimum Gasteiger partial charge on any atom is -0.179 e. The van der Waals surface area contributed by atoms with Crippen molar-refractivity contribution < 1.29 is 8.42 Å². The Morgan fingerprint density at radius 3 is 1.69 bits per heavy atom. The lowest BCUT2D eigenvalue weighted by molar-refractivity contribution is 0.563. The van der Waals surface area contributed by atoms with Crippen molar-refractivity contribution in [2.24, 2.45) is 0 Å². The minimum absolute atomic E-state index is 0.847. The van der Waals surface area contributed by atoms with E-state index in [9.17, 15) is 8.42 Å². The van der Waals surface area contributed by atoms with Crippen molar-refractivity contribution in [1.82, 2.24) is 18.4 Å². The van der Waals surface area contributed by atoms with E-state index in [1.807, 2.05) is 0 Å². The van der Waals surface area contributed by atoms with Crippen molar-refractivity contribution in [2.45, 2.75) is 0 Å². The van der Waals surface area contributed by atoms with Crippen LogP contribution in [0.2, 0.25) is 0 Å². The number of aromatic nitrogens is 4. The zero-order valence-electron chi connectivity index (χ0n) is 6.48. The normalized spacial score (nSPS) is 11.7. The Morgan fingerprint density at radius 1 is 0.923 bits per heavy atom. The molecule has 0 aliphatic carbocycles. The van der Waals surface area contributed by atoms with Crippen molar-refractivity contribution in [3.05, 3.63) is 36.9 Å². The van der Waals surface area contributed by atoms with Crippen LogP contribution >= 0.6 is 0 Å². The second-order valence-corrected chi connectivity index (χ2v) is 3.91. The smallest absolute Gasteiger partial charge is 0.179 e. The summed E-state index contributed by atoms with van der Waals surface area (Å²) in [6, 6.07) is 3.06. The zero-order valence-corrected chi connectivity index (χ0v) is 7.29. The Morgan fingerprint density at radius 2 is 1.38 bits per heavy atom. The molecule has 0 spiro atoms. The predicted molar refractivity (Wildman–Crippen MR) is 44.2 cm³/mol. The molecule has 68 valence electrons. The average Bonchev–Trinajstić information content (AvgIpc) is 2.78. The SMILES string of the molecule is O=S(=O)(n1cccn1)n1cccn1. The predicted octanol–water partition coefficient (Wildman–Crippen LogP) is -0.279. The first-order valence-electron chi connectivity index (χ1n) is 3.46. The van der Waals surface area contributed by atoms with Crippen LogP contribution in [-0.2, 0) is 10.2 Å². The minimum atomic E-state index is -3.64. The van der Waals surface area contributed by atoms with Crippen molar-refractivity contribution in [2.75, 3.05) is 0 Å². The maximum Gasteiger partial charge on any atom is 0.364 e. The van der Waals surface area contributed by atoms with Crippen molar-refractivity contribution >= 4 is 10.2 Å². The molecule has 0 N–H and O–H groups in total. The highest BCUT2D eigenvalue weighted by atomic mass is 32.2. The maximum absolute atomic E-state index is 11.6. The van der Waals surface area contributed by atoms with Crippen molar-refractivity contribution in [1.29, 1.82) is 0 Å². The second-order valence-electron chi connectivity index (χ2n) is 2.27. The lowest BCUT2D eigenvalue weighted by atomic mass is 10.8. The van der Waals surface area contributed by atoms with Gasteiger partial charge in [0.15, 0.2) is 0 Å². The van der Waals surface area contributed by atoms with Gasteiger partial charge in [0, 0.05) is 12.4 Å². The first-order chi connectivity index (χ1) is 6.21. The molecule has 0 aliphatic heterocycles. The Balaban J connectivity index is 2.56. The number of rotatable bonds is 2. The maximum atomic E-state index is 11.6. The molecule has 0 aliphatic rings. The van der Waals surface area contributed by atoms with E-state index in [1.165, 1.54) is 36.9 Å². The molecule has 2 rings (SSSR count). The average molecular weight is 198 g/mol. The Hall–Kier alpha value is -1.63. The third-order valence-electron chi connectivity index (χ3n) is 1.43. The molecule has 2 aromatic heterocycles. The molecular formula is C6H6N4O2S. The van der Waals surface area contributed by atoms with E-state index < -0.39 is 10.2 Å². The van der Waals surface area contributed by atoms with Gasteiger partial charge >= 0.3 is 10.2 Å². The van der Waals surface area contributed by atoms with Gasteiger partial charge in [-0.15, -0.1) is 8.17 Å². The van der Waals surface area contributed by atoms with Gasteiger partial charge in [-0.1, -0.05) is 0 Å². The molecular weight excluding hydrogens is 192 g/mol. The summed E-state index contributed by atoms with van der Waals surface area (Å²) in [6.45, 7) is 0. The first kappa shape index (κ1) is 7.99. The van der Waals surface area contributed by atoms with Crippen LogP contribution in [0.15, 0.2) is 36.9 Å². The molecule has 0 radical (unpaired) electrons. The summed E-state index contributed by atoms with van der Waals surface area (Å²) in [7, 11) is -3.64.